The summed E-state index contributed by atoms with van der Waals surface area (Å²) in [4.78, 5) is 89.2. The number of hydrogen-bond acceptors (Lipinski definition) is 19. The van der Waals surface area contributed by atoms with Crippen LogP contribution in [0.1, 0.15) is 46.8 Å². The van der Waals surface area contributed by atoms with Gasteiger partial charge in [0.25, 0.3) is 7.82 Å². The quantitative estimate of drug-likeness (QED) is 0.0337. The van der Waals surface area contributed by atoms with Gasteiger partial charge >= 0.3 is 45.2 Å². The smallest absolute Gasteiger partial charge is 0.756 e. The molecule has 9 N–H and O–H groups in total. The molecule has 2 amide bonds. The first-order valence-electron chi connectivity index (χ1n) is 16.0. The summed E-state index contributed by atoms with van der Waals surface area (Å²) in [7, 11) is -16.6. The van der Waals surface area contributed by atoms with Crippen LogP contribution in [-0.4, -0.2) is 118 Å². The minimum atomic E-state index is -5.58. The van der Waals surface area contributed by atoms with Gasteiger partial charge in [-0.05, 0) is 6.42 Å². The number of imidazole rings is 1. The van der Waals surface area contributed by atoms with E-state index in [4.69, 9.17) is 19.5 Å². The number of fused-ring (bicyclic) bond motifs is 1. The Balaban J connectivity index is 0.0000105. The van der Waals surface area contributed by atoms with Gasteiger partial charge in [-0.2, -0.15) is 4.31 Å². The molecule has 0 radical (unpaired) electrons. The molecule has 0 aliphatic carbocycles. The van der Waals surface area contributed by atoms with E-state index in [0.29, 0.717) is 12.2 Å². The van der Waals surface area contributed by atoms with Crippen molar-refractivity contribution in [3.8, 4) is 0 Å². The van der Waals surface area contributed by atoms with Crippen molar-refractivity contribution >= 4 is 69.1 Å². The van der Waals surface area contributed by atoms with E-state index in [1.165, 1.54) is 13.8 Å². The Kier molecular flexibility index (Phi) is 19.0. The molecule has 0 saturated carbocycles. The van der Waals surface area contributed by atoms with Gasteiger partial charge in [-0.3, -0.25) is 32.6 Å². The van der Waals surface area contributed by atoms with Crippen molar-refractivity contribution in [1.82, 2.24) is 30.2 Å². The number of aromatic nitrogens is 4. The first-order valence-corrected chi connectivity index (χ1v) is 21.5. The maximum absolute atomic E-state index is 12.6. The van der Waals surface area contributed by atoms with Gasteiger partial charge in [-0.15, -0.1) is 0 Å². The molecular formula is C26H43N7NaO17P3S. The molecular weight excluding hydrogens is 830 g/mol. The number of aliphatic hydroxyl groups excluding tert-OH is 2. The second kappa shape index (κ2) is 21.0. The summed E-state index contributed by atoms with van der Waals surface area (Å²) in [5.74, 6) is -1.18. The van der Waals surface area contributed by atoms with Crippen molar-refractivity contribution in [2.75, 3.05) is 37.8 Å². The summed E-state index contributed by atoms with van der Waals surface area (Å²) in [6.07, 6.45) is -6.39. The van der Waals surface area contributed by atoms with Crippen molar-refractivity contribution in [3.05, 3.63) is 12.7 Å². The van der Waals surface area contributed by atoms with Gasteiger partial charge in [0.1, 0.15) is 36.3 Å². The molecule has 24 nitrogen and oxygen atoms in total. The van der Waals surface area contributed by atoms with Crippen LogP contribution in [0.25, 0.3) is 11.2 Å². The Labute approximate surface area is 340 Å². The maximum Gasteiger partial charge on any atom is 1.00 e. The summed E-state index contributed by atoms with van der Waals surface area (Å²) in [5.41, 5.74) is 4.22. The number of phosphoric ester groups is 3. The summed E-state index contributed by atoms with van der Waals surface area (Å²) in [5, 5.41) is 26.3. The predicted molar refractivity (Wildman–Crippen MR) is 184 cm³/mol. The number of phosphoric acid groups is 3. The summed E-state index contributed by atoms with van der Waals surface area (Å²) in [6, 6.07) is 0. The van der Waals surface area contributed by atoms with E-state index in [0.717, 1.165) is 29.0 Å². The van der Waals surface area contributed by atoms with Gasteiger partial charge in [0.15, 0.2) is 22.8 Å². The molecule has 2 aromatic heterocycles. The van der Waals surface area contributed by atoms with E-state index in [-0.39, 0.29) is 77.1 Å². The maximum atomic E-state index is 12.6. The van der Waals surface area contributed by atoms with Gasteiger partial charge in [0.2, 0.25) is 11.8 Å². The van der Waals surface area contributed by atoms with Crippen LogP contribution in [0.4, 0.5) is 5.82 Å². The van der Waals surface area contributed by atoms with Crippen molar-refractivity contribution in [2.24, 2.45) is 11.3 Å². The van der Waals surface area contributed by atoms with Crippen LogP contribution in [-0.2, 0) is 50.7 Å². The summed E-state index contributed by atoms with van der Waals surface area (Å²) in [6.45, 7) is 4.18. The number of thioether (sulfide) groups is 1. The van der Waals surface area contributed by atoms with E-state index in [2.05, 4.69) is 34.4 Å². The van der Waals surface area contributed by atoms with Crippen LogP contribution in [0.5, 0.6) is 0 Å². The number of carbonyl (C=O) groups is 3. The molecule has 3 unspecified atom stereocenters. The molecule has 1 aliphatic heterocycles. The fraction of sp³-hybridized carbons (Fsp3) is 0.692. The SMILES string of the molecule is CC[C@H](C)C(=O)SCCNC(=O)CCNC(=O)[C@H](O)C(C)(C)COP(=O)(O)OP(=O)(O)OC[C@H]1O[C@@H](n2cnc3c(N)ncnc32)[C@H](O)[C@@H]1OP(=O)([O-])O.[Na+]. The second-order valence-electron chi connectivity index (χ2n) is 12.5. The first kappa shape index (κ1) is 49.7. The van der Waals surface area contributed by atoms with Crippen molar-refractivity contribution in [3.63, 3.8) is 0 Å². The van der Waals surface area contributed by atoms with Crippen LogP contribution in [0.15, 0.2) is 12.7 Å². The molecule has 2 aromatic rings. The van der Waals surface area contributed by atoms with Crippen molar-refractivity contribution in [2.45, 2.75) is 71.2 Å². The van der Waals surface area contributed by atoms with Gasteiger partial charge in [0.05, 0.1) is 19.5 Å². The molecule has 55 heavy (non-hydrogen) atoms. The van der Waals surface area contributed by atoms with Gasteiger partial charge in [-0.25, -0.2) is 24.1 Å². The molecule has 3 rings (SSSR count). The van der Waals surface area contributed by atoms with E-state index >= 15 is 0 Å². The Hall–Kier alpha value is -1.44. The number of rotatable bonds is 21. The number of aliphatic hydroxyl groups is 2. The van der Waals surface area contributed by atoms with Crippen molar-refractivity contribution < 1.29 is 110 Å². The third-order valence-corrected chi connectivity index (χ3v) is 11.9. The molecule has 306 valence electrons. The third kappa shape index (κ3) is 15.0. The van der Waals surface area contributed by atoms with E-state index < -0.39 is 84.6 Å². The molecule has 3 heterocycles. The van der Waals surface area contributed by atoms with Gasteiger partial charge in [0, 0.05) is 36.6 Å². The number of nitrogen functional groups attached to an aromatic ring is 1. The fourth-order valence-corrected chi connectivity index (χ4v) is 8.26. The fourth-order valence-electron chi connectivity index (χ4n) is 4.59. The number of carbonyl (C=O) groups excluding carboxylic acids is 3. The Bertz CT molecular complexity index is 1790. The van der Waals surface area contributed by atoms with Gasteiger partial charge < -0.3 is 55.4 Å². The van der Waals surface area contributed by atoms with Gasteiger partial charge in [-0.1, -0.05) is 39.5 Å². The summed E-state index contributed by atoms with van der Waals surface area (Å²) < 4.78 is 61.7. The van der Waals surface area contributed by atoms with Crippen LogP contribution in [0, 0.1) is 11.3 Å². The number of ether oxygens (including phenoxy) is 1. The van der Waals surface area contributed by atoms with Crippen molar-refractivity contribution in [1.29, 1.82) is 0 Å². The van der Waals surface area contributed by atoms with Crippen LogP contribution < -0.4 is 50.8 Å². The Morgan fingerprint density at radius 2 is 1.76 bits per heavy atom. The second-order valence-corrected chi connectivity index (χ2v) is 17.8. The number of nitrogens with zero attached hydrogens (tertiary/aromatic N) is 4. The molecule has 0 aromatic carbocycles. The predicted octanol–water partition coefficient (Wildman–Crippen LogP) is -3.92. The van der Waals surface area contributed by atoms with E-state index in [1.807, 2.05) is 13.8 Å². The Morgan fingerprint density at radius 3 is 2.40 bits per heavy atom. The third-order valence-electron chi connectivity index (χ3n) is 7.76. The van der Waals surface area contributed by atoms with Crippen LogP contribution in [0.3, 0.4) is 0 Å². The molecule has 1 aliphatic rings. The zero-order valence-corrected chi connectivity index (χ0v) is 35.8. The molecule has 29 heteroatoms. The number of hydrogen-bond donors (Lipinski definition) is 8. The van der Waals surface area contributed by atoms with E-state index in [1.54, 1.807) is 0 Å². The molecule has 1 fully saturated rings. The standard InChI is InChI=1S/C26H44N7O17P3S.Na/c1-5-14(2)25(38)54-9-8-28-16(34)6-7-29-23(37)20(36)26(3,4)11-47-53(44,45)50-52(42,43)46-10-15-19(49-51(39,40)41)18(35)24(48-15)33-13-32-17-21(27)30-12-31-22(17)33;/h12-15,18-20,24,35-36H,5-11H2,1-4H3,(H,28,34)(H,29,37)(H,42,43)(H,44,45)(H2,27,30,31)(H2,39,40,41);/q;+1/p-1/t14-,15+,18+,19+,20-,24+;/m0./s1. The van der Waals surface area contributed by atoms with Crippen LogP contribution in [0.2, 0.25) is 0 Å². The average molecular weight is 874 g/mol. The normalized spacial score (nSPS) is 23.1. The molecule has 1 saturated heterocycles. The van der Waals surface area contributed by atoms with Crippen LogP contribution >= 0.6 is 35.2 Å². The number of amides is 2. The average Bonchev–Trinajstić information content (AvgIpc) is 3.64. The number of nitrogens with two attached hydrogens (primary N) is 1. The zero-order valence-electron chi connectivity index (χ0n) is 30.3. The Morgan fingerprint density at radius 1 is 1.11 bits per heavy atom. The molecule has 9 atom stereocenters. The zero-order chi connectivity index (χ0) is 40.6. The first-order chi connectivity index (χ1) is 25.0. The minimum absolute atomic E-state index is 0. The number of anilines is 1. The minimum Gasteiger partial charge on any atom is -0.756 e. The topological polar surface area (TPSA) is 366 Å². The summed E-state index contributed by atoms with van der Waals surface area (Å²) >= 11 is 1.10. The largest absolute Gasteiger partial charge is 1.00 e. The molecule has 0 spiro atoms. The van der Waals surface area contributed by atoms with E-state index in [9.17, 15) is 57.9 Å². The monoisotopic (exact) mass is 873 g/mol. The molecule has 0 bridgehead atoms. The number of nitrogens with one attached hydrogen (secondary N) is 2.